The van der Waals surface area contributed by atoms with Crippen molar-refractivity contribution in [3.05, 3.63) is 34.7 Å². The molecule has 1 amide bonds. The van der Waals surface area contributed by atoms with Crippen LogP contribution < -0.4 is 5.32 Å². The largest absolute Gasteiger partial charge is 0.301 e. The van der Waals surface area contributed by atoms with Crippen LogP contribution in [0.4, 0.5) is 5.13 Å². The average Bonchev–Trinajstić information content (AvgIpc) is 2.84. The van der Waals surface area contributed by atoms with Gasteiger partial charge in [-0.25, -0.2) is 4.98 Å². The molecule has 0 aliphatic carbocycles. The fourth-order valence-corrected chi connectivity index (χ4v) is 3.01. The molecule has 0 fully saturated rings. The van der Waals surface area contributed by atoms with E-state index >= 15 is 0 Å². The summed E-state index contributed by atoms with van der Waals surface area (Å²) >= 11 is 2.37. The number of thioether (sulfide) groups is 1. The highest BCUT2D eigenvalue weighted by atomic mass is 32.2. The van der Waals surface area contributed by atoms with E-state index in [0.717, 1.165) is 28.6 Å². The third-order valence-electron chi connectivity index (χ3n) is 2.81. The van der Waals surface area contributed by atoms with Crippen LogP contribution in [0.15, 0.2) is 23.6 Å². The van der Waals surface area contributed by atoms with E-state index in [1.807, 2.05) is 24.4 Å². The molecule has 0 aliphatic heterocycles. The van der Waals surface area contributed by atoms with Gasteiger partial charge in [-0.15, -0.1) is 11.3 Å². The van der Waals surface area contributed by atoms with Crippen LogP contribution in [0.5, 0.6) is 0 Å². The van der Waals surface area contributed by atoms with E-state index in [9.17, 15) is 9.59 Å². The van der Waals surface area contributed by atoms with E-state index in [-0.39, 0.29) is 16.8 Å². The van der Waals surface area contributed by atoms with Gasteiger partial charge >= 0.3 is 0 Å². The number of thiazole rings is 1. The quantitative estimate of drug-likeness (QED) is 0.934. The number of amides is 1. The Balaban J connectivity index is 2.07. The first-order chi connectivity index (χ1) is 9.95. The first-order valence-electron chi connectivity index (χ1n) is 6.42. The molecule has 0 radical (unpaired) electrons. The molecule has 2 aromatic rings. The molecule has 0 unspecified atom stereocenters. The van der Waals surface area contributed by atoms with Crippen molar-refractivity contribution < 1.29 is 9.59 Å². The summed E-state index contributed by atoms with van der Waals surface area (Å²) in [5.74, 6) is -0.0925. The Morgan fingerprint density at radius 3 is 2.76 bits per heavy atom. The highest BCUT2D eigenvalue weighted by Crippen LogP contribution is 2.28. The minimum Gasteiger partial charge on any atom is -0.301 e. The number of carbonyl (C=O) groups is 2. The van der Waals surface area contributed by atoms with Crippen LogP contribution in [0.3, 0.4) is 0 Å². The van der Waals surface area contributed by atoms with Crippen molar-refractivity contribution >= 4 is 39.3 Å². The summed E-state index contributed by atoms with van der Waals surface area (Å²) in [4.78, 5) is 26.9. The normalized spacial score (nSPS) is 10.4. The van der Waals surface area contributed by atoms with Crippen molar-refractivity contribution in [2.24, 2.45) is 0 Å². The predicted molar refractivity (Wildman–Crippen MR) is 88.8 cm³/mol. The van der Waals surface area contributed by atoms with Gasteiger partial charge in [-0.3, -0.25) is 9.59 Å². The van der Waals surface area contributed by atoms with Crippen LogP contribution in [-0.4, -0.2) is 21.8 Å². The monoisotopic (exact) mass is 320 g/mol. The SMILES string of the molecule is CC(=O)SCC(=O)Nc1nc(-c2ccc(C)cc2C)cs1. The maximum atomic E-state index is 11.7. The molecule has 0 saturated carbocycles. The van der Waals surface area contributed by atoms with E-state index in [1.165, 1.54) is 23.8 Å². The molecule has 1 N–H and O–H groups in total. The van der Waals surface area contributed by atoms with Crippen LogP contribution >= 0.6 is 23.1 Å². The van der Waals surface area contributed by atoms with Crippen molar-refractivity contribution in [1.29, 1.82) is 0 Å². The van der Waals surface area contributed by atoms with Gasteiger partial charge in [-0.2, -0.15) is 0 Å². The molecule has 6 heteroatoms. The van der Waals surface area contributed by atoms with Crippen molar-refractivity contribution in [1.82, 2.24) is 4.98 Å². The fraction of sp³-hybridized carbons (Fsp3) is 0.267. The Morgan fingerprint density at radius 1 is 1.33 bits per heavy atom. The third-order valence-corrected chi connectivity index (χ3v) is 4.39. The highest BCUT2D eigenvalue weighted by molar-refractivity contribution is 8.14. The molecule has 4 nitrogen and oxygen atoms in total. The zero-order valence-corrected chi connectivity index (χ0v) is 13.7. The summed E-state index contributed by atoms with van der Waals surface area (Å²) in [6, 6.07) is 6.19. The zero-order valence-electron chi connectivity index (χ0n) is 12.1. The topological polar surface area (TPSA) is 59.1 Å². The molecule has 110 valence electrons. The lowest BCUT2D eigenvalue weighted by molar-refractivity contribution is -0.114. The van der Waals surface area contributed by atoms with E-state index in [0.29, 0.717) is 5.13 Å². The Labute approximate surface area is 132 Å². The van der Waals surface area contributed by atoms with Gasteiger partial charge < -0.3 is 5.32 Å². The summed E-state index contributed by atoms with van der Waals surface area (Å²) in [7, 11) is 0. The van der Waals surface area contributed by atoms with Crippen LogP contribution in [-0.2, 0) is 9.59 Å². The number of hydrogen-bond donors (Lipinski definition) is 1. The number of anilines is 1. The molecule has 2 rings (SSSR count). The summed E-state index contributed by atoms with van der Waals surface area (Å²) < 4.78 is 0. The minimum absolute atomic E-state index is 0.0692. The maximum Gasteiger partial charge on any atom is 0.236 e. The Kier molecular flexibility index (Phi) is 5.14. The van der Waals surface area contributed by atoms with Crippen LogP contribution in [0, 0.1) is 13.8 Å². The highest BCUT2D eigenvalue weighted by Gasteiger charge is 2.10. The lowest BCUT2D eigenvalue weighted by Crippen LogP contribution is -2.14. The Bertz CT molecular complexity index is 680. The van der Waals surface area contributed by atoms with Gasteiger partial charge in [0.2, 0.25) is 5.91 Å². The lowest BCUT2D eigenvalue weighted by atomic mass is 10.0. The van der Waals surface area contributed by atoms with Gasteiger partial charge in [-0.05, 0) is 19.4 Å². The molecular formula is C15H16N2O2S2. The molecule has 1 aromatic carbocycles. The predicted octanol–water partition coefficient (Wildman–Crippen LogP) is 3.65. The molecule has 0 saturated heterocycles. The van der Waals surface area contributed by atoms with Gasteiger partial charge in [0, 0.05) is 17.9 Å². The Morgan fingerprint density at radius 2 is 2.10 bits per heavy atom. The van der Waals surface area contributed by atoms with Gasteiger partial charge in [0.05, 0.1) is 11.4 Å². The van der Waals surface area contributed by atoms with Crippen LogP contribution in [0.25, 0.3) is 11.3 Å². The molecule has 0 bridgehead atoms. The van der Waals surface area contributed by atoms with E-state index in [4.69, 9.17) is 0 Å². The van der Waals surface area contributed by atoms with Crippen molar-refractivity contribution in [3.63, 3.8) is 0 Å². The van der Waals surface area contributed by atoms with Crippen LogP contribution in [0.1, 0.15) is 18.1 Å². The first kappa shape index (κ1) is 15.7. The number of carbonyl (C=O) groups excluding carboxylic acids is 2. The summed E-state index contributed by atoms with van der Waals surface area (Å²) in [6.45, 7) is 5.54. The molecule has 1 aromatic heterocycles. The van der Waals surface area contributed by atoms with E-state index in [2.05, 4.69) is 23.3 Å². The fourth-order valence-electron chi connectivity index (χ4n) is 1.88. The van der Waals surface area contributed by atoms with Crippen LogP contribution in [0.2, 0.25) is 0 Å². The number of aryl methyl sites for hydroxylation is 2. The second-order valence-corrected chi connectivity index (χ2v) is 6.70. The summed E-state index contributed by atoms with van der Waals surface area (Å²) in [6.07, 6.45) is 0. The molecular weight excluding hydrogens is 304 g/mol. The van der Waals surface area contributed by atoms with Gasteiger partial charge in [-0.1, -0.05) is 35.5 Å². The minimum atomic E-state index is -0.211. The molecule has 0 atom stereocenters. The standard InChI is InChI=1S/C15H16N2O2S2/c1-9-4-5-12(10(2)6-9)13-7-21-15(16-13)17-14(19)8-20-11(3)18/h4-7H,8H2,1-3H3,(H,16,17,19). The van der Waals surface area contributed by atoms with E-state index < -0.39 is 0 Å². The van der Waals surface area contributed by atoms with Crippen molar-refractivity contribution in [3.8, 4) is 11.3 Å². The lowest BCUT2D eigenvalue weighted by Gasteiger charge is -2.03. The third kappa shape index (κ3) is 4.41. The number of benzene rings is 1. The number of hydrogen-bond acceptors (Lipinski definition) is 5. The number of nitrogens with zero attached hydrogens (tertiary/aromatic N) is 1. The Hall–Kier alpha value is -1.66. The first-order valence-corrected chi connectivity index (χ1v) is 8.28. The summed E-state index contributed by atoms with van der Waals surface area (Å²) in [5, 5.41) is 5.12. The second kappa shape index (κ2) is 6.87. The summed E-state index contributed by atoms with van der Waals surface area (Å²) in [5.41, 5.74) is 4.29. The number of aromatic nitrogens is 1. The van der Waals surface area contributed by atoms with Gasteiger partial charge in [0.25, 0.3) is 0 Å². The molecule has 0 spiro atoms. The second-order valence-electron chi connectivity index (χ2n) is 4.68. The number of nitrogens with one attached hydrogen (secondary N) is 1. The smallest absolute Gasteiger partial charge is 0.236 e. The zero-order chi connectivity index (χ0) is 15.4. The maximum absolute atomic E-state index is 11.7. The molecule has 0 aliphatic rings. The van der Waals surface area contributed by atoms with Crippen molar-refractivity contribution in [2.75, 3.05) is 11.1 Å². The van der Waals surface area contributed by atoms with Gasteiger partial charge in [0.1, 0.15) is 0 Å². The number of rotatable bonds is 4. The average molecular weight is 320 g/mol. The molecule has 1 heterocycles. The van der Waals surface area contributed by atoms with Gasteiger partial charge in [0.15, 0.2) is 10.2 Å². The molecule has 21 heavy (non-hydrogen) atoms. The van der Waals surface area contributed by atoms with E-state index in [1.54, 1.807) is 0 Å². The van der Waals surface area contributed by atoms with Crippen molar-refractivity contribution in [2.45, 2.75) is 20.8 Å².